The van der Waals surface area contributed by atoms with Crippen LogP contribution in [0.2, 0.25) is 0 Å². The zero-order valence-corrected chi connectivity index (χ0v) is 10.9. The fraction of sp³-hybridized carbons (Fsp3) is 0.462. The van der Waals surface area contributed by atoms with Crippen LogP contribution in [0.1, 0.15) is 26.2 Å². The lowest BCUT2D eigenvalue weighted by Crippen LogP contribution is -2.01. The van der Waals surface area contributed by atoms with E-state index >= 15 is 0 Å². The van der Waals surface area contributed by atoms with Gasteiger partial charge in [-0.15, -0.1) is 0 Å². The maximum atomic E-state index is 11.7. The molecule has 3 nitrogen and oxygen atoms in total. The van der Waals surface area contributed by atoms with Crippen LogP contribution < -0.4 is 5.73 Å². The van der Waals surface area contributed by atoms with Crippen LogP contribution in [0.3, 0.4) is 0 Å². The van der Waals surface area contributed by atoms with Crippen LogP contribution in [0.5, 0.6) is 0 Å². The number of allylic oxidation sites excluding steroid dienone is 2. The average Bonchev–Trinajstić information content (AvgIpc) is 2.56. The highest BCUT2D eigenvalue weighted by molar-refractivity contribution is 8.15. The highest BCUT2D eigenvalue weighted by Gasteiger charge is 2.31. The molecule has 94 valence electrons. The number of carbonyl (C=O) groups is 1. The SMILES string of the molecule is C=C/C(C)=C/C1SC(=O)C(CCCCN)=C1O. The summed E-state index contributed by atoms with van der Waals surface area (Å²) in [5.74, 6) is 0.207. The van der Waals surface area contributed by atoms with Gasteiger partial charge in [0.05, 0.1) is 5.25 Å². The molecule has 0 fully saturated rings. The van der Waals surface area contributed by atoms with E-state index in [9.17, 15) is 9.90 Å². The first-order valence-electron chi connectivity index (χ1n) is 5.74. The molecular formula is C13H19NO2S. The van der Waals surface area contributed by atoms with Crippen molar-refractivity contribution in [2.45, 2.75) is 31.4 Å². The van der Waals surface area contributed by atoms with Gasteiger partial charge in [0, 0.05) is 5.57 Å². The van der Waals surface area contributed by atoms with Gasteiger partial charge < -0.3 is 10.8 Å². The van der Waals surface area contributed by atoms with Crippen molar-refractivity contribution < 1.29 is 9.90 Å². The van der Waals surface area contributed by atoms with Gasteiger partial charge in [0.2, 0.25) is 5.12 Å². The van der Waals surface area contributed by atoms with Crippen LogP contribution in [0.4, 0.5) is 0 Å². The second-order valence-corrected chi connectivity index (χ2v) is 5.16. The summed E-state index contributed by atoms with van der Waals surface area (Å²) >= 11 is 1.17. The second-order valence-electron chi connectivity index (χ2n) is 4.05. The van der Waals surface area contributed by atoms with Crippen LogP contribution in [-0.2, 0) is 4.79 Å². The number of thioether (sulfide) groups is 1. The zero-order chi connectivity index (χ0) is 12.8. The lowest BCUT2D eigenvalue weighted by molar-refractivity contribution is -0.108. The van der Waals surface area contributed by atoms with E-state index in [1.807, 2.05) is 13.0 Å². The Labute approximate surface area is 106 Å². The molecule has 0 amide bonds. The Morgan fingerprint density at radius 1 is 1.59 bits per heavy atom. The average molecular weight is 253 g/mol. The number of carbonyl (C=O) groups excluding carboxylic acids is 1. The highest BCUT2D eigenvalue weighted by atomic mass is 32.2. The van der Waals surface area contributed by atoms with Crippen LogP contribution in [0.25, 0.3) is 0 Å². The van der Waals surface area contributed by atoms with Gasteiger partial charge in [0.1, 0.15) is 5.76 Å². The van der Waals surface area contributed by atoms with Crippen LogP contribution in [-0.4, -0.2) is 22.0 Å². The Bertz CT molecular complexity index is 372. The highest BCUT2D eigenvalue weighted by Crippen LogP contribution is 2.36. The molecule has 1 aliphatic heterocycles. The van der Waals surface area contributed by atoms with Crippen molar-refractivity contribution >= 4 is 16.9 Å². The number of aliphatic hydroxyl groups excluding tert-OH is 1. The molecule has 1 heterocycles. The Hall–Kier alpha value is -1.00. The summed E-state index contributed by atoms with van der Waals surface area (Å²) in [5, 5.41) is 9.73. The maximum Gasteiger partial charge on any atom is 0.219 e. The number of rotatable bonds is 6. The Balaban J connectivity index is 2.74. The van der Waals surface area contributed by atoms with E-state index in [1.54, 1.807) is 6.08 Å². The summed E-state index contributed by atoms with van der Waals surface area (Å²) in [4.78, 5) is 11.7. The van der Waals surface area contributed by atoms with E-state index < -0.39 is 0 Å². The number of unbranched alkanes of at least 4 members (excludes halogenated alkanes) is 1. The van der Waals surface area contributed by atoms with Gasteiger partial charge >= 0.3 is 0 Å². The quantitative estimate of drug-likeness (QED) is 0.564. The molecule has 0 bridgehead atoms. The molecule has 0 aliphatic carbocycles. The fourth-order valence-electron chi connectivity index (χ4n) is 1.61. The van der Waals surface area contributed by atoms with Gasteiger partial charge in [-0.1, -0.05) is 36.1 Å². The minimum atomic E-state index is -0.242. The predicted octanol–water partition coefficient (Wildman–Crippen LogP) is 2.70. The van der Waals surface area contributed by atoms with Gasteiger partial charge in [-0.2, -0.15) is 0 Å². The molecule has 1 atom stereocenters. The smallest absolute Gasteiger partial charge is 0.219 e. The van der Waals surface area contributed by atoms with Crippen molar-refractivity contribution in [1.29, 1.82) is 0 Å². The molecule has 0 spiro atoms. The van der Waals surface area contributed by atoms with Crippen molar-refractivity contribution in [2.24, 2.45) is 5.73 Å². The summed E-state index contributed by atoms with van der Waals surface area (Å²) in [6.45, 7) is 6.17. The summed E-state index contributed by atoms with van der Waals surface area (Å²) in [6, 6.07) is 0. The second kappa shape index (κ2) is 6.67. The first kappa shape index (κ1) is 14.1. The molecule has 0 saturated carbocycles. The lowest BCUT2D eigenvalue weighted by atomic mass is 10.1. The number of aliphatic hydroxyl groups is 1. The monoisotopic (exact) mass is 253 g/mol. The first-order chi connectivity index (χ1) is 8.10. The van der Waals surface area contributed by atoms with Gasteiger partial charge in [0.15, 0.2) is 0 Å². The summed E-state index contributed by atoms with van der Waals surface area (Å²) in [6.07, 6.45) is 5.91. The first-order valence-corrected chi connectivity index (χ1v) is 6.62. The van der Waals surface area contributed by atoms with Gasteiger partial charge in [0.25, 0.3) is 0 Å². The van der Waals surface area contributed by atoms with Gasteiger partial charge in [-0.25, -0.2) is 0 Å². The van der Waals surface area contributed by atoms with Crippen molar-refractivity contribution in [3.63, 3.8) is 0 Å². The summed E-state index contributed by atoms with van der Waals surface area (Å²) < 4.78 is 0. The number of hydrogen-bond acceptors (Lipinski definition) is 4. The van der Waals surface area contributed by atoms with E-state index in [4.69, 9.17) is 5.73 Å². The lowest BCUT2D eigenvalue weighted by Gasteiger charge is -2.04. The Morgan fingerprint density at radius 2 is 2.29 bits per heavy atom. The minimum absolute atomic E-state index is 0.0161. The fourth-order valence-corrected chi connectivity index (χ4v) is 2.73. The topological polar surface area (TPSA) is 63.3 Å². The Morgan fingerprint density at radius 3 is 2.88 bits per heavy atom. The summed E-state index contributed by atoms with van der Waals surface area (Å²) in [7, 11) is 0. The van der Waals surface area contributed by atoms with Crippen LogP contribution in [0.15, 0.2) is 35.6 Å². The Kier molecular flexibility index (Phi) is 5.51. The van der Waals surface area contributed by atoms with E-state index in [0.717, 1.165) is 18.4 Å². The molecule has 0 saturated heterocycles. The van der Waals surface area contributed by atoms with Gasteiger partial charge in [-0.05, 0) is 32.7 Å². The van der Waals surface area contributed by atoms with E-state index in [1.165, 1.54) is 11.8 Å². The third-order valence-corrected chi connectivity index (χ3v) is 3.75. The van der Waals surface area contributed by atoms with Crippen molar-refractivity contribution in [3.8, 4) is 0 Å². The molecule has 0 radical (unpaired) electrons. The van der Waals surface area contributed by atoms with Gasteiger partial charge in [-0.3, -0.25) is 4.79 Å². The van der Waals surface area contributed by atoms with Crippen molar-refractivity contribution in [2.75, 3.05) is 6.54 Å². The van der Waals surface area contributed by atoms with Crippen LogP contribution >= 0.6 is 11.8 Å². The van der Waals surface area contributed by atoms with E-state index in [2.05, 4.69) is 6.58 Å². The molecule has 0 aromatic carbocycles. The van der Waals surface area contributed by atoms with Crippen molar-refractivity contribution in [1.82, 2.24) is 0 Å². The minimum Gasteiger partial charge on any atom is -0.510 e. The standard InChI is InChI=1S/C13H19NO2S/c1-3-9(2)8-11-12(15)10(13(16)17-11)6-4-5-7-14/h3,8,11,15H,1,4-7,14H2,2H3/b9-8+. The third-order valence-electron chi connectivity index (χ3n) is 2.68. The molecule has 1 unspecified atom stereocenters. The van der Waals surface area contributed by atoms with Crippen molar-refractivity contribution in [3.05, 3.63) is 35.6 Å². The molecule has 0 aromatic rings. The molecule has 4 heteroatoms. The number of nitrogens with two attached hydrogens (primary N) is 1. The molecule has 1 rings (SSSR count). The predicted molar refractivity (Wildman–Crippen MR) is 72.9 cm³/mol. The van der Waals surface area contributed by atoms with E-state index in [0.29, 0.717) is 18.5 Å². The van der Waals surface area contributed by atoms with E-state index in [-0.39, 0.29) is 16.1 Å². The molecule has 3 N–H and O–H groups in total. The third kappa shape index (κ3) is 3.75. The molecule has 0 aromatic heterocycles. The molecule has 1 aliphatic rings. The summed E-state index contributed by atoms with van der Waals surface area (Å²) in [5.41, 5.74) is 6.92. The zero-order valence-electron chi connectivity index (χ0n) is 10.1. The molecular weight excluding hydrogens is 234 g/mol. The number of hydrogen-bond donors (Lipinski definition) is 2. The maximum absolute atomic E-state index is 11.7. The van der Waals surface area contributed by atoms with Crippen LogP contribution in [0, 0.1) is 0 Å². The molecule has 17 heavy (non-hydrogen) atoms. The normalized spacial score (nSPS) is 21.2. The largest absolute Gasteiger partial charge is 0.510 e.